The normalized spacial score (nSPS) is 10.7. The molecule has 1 heterocycles. The van der Waals surface area contributed by atoms with E-state index < -0.39 is 0 Å². The molecule has 1 aromatic heterocycles. The number of fused-ring (bicyclic) bond motifs is 1. The standard InChI is InChI=1S/C16H11BrO3/c1-19-12-5-6-13-14(18)9-15(20-16(13)8-12)10-3-2-4-11(17)7-10/h2-9H,1H3. The Kier molecular flexibility index (Phi) is 3.32. The highest BCUT2D eigenvalue weighted by atomic mass is 79.9. The molecule has 3 nitrogen and oxygen atoms in total. The molecule has 0 atom stereocenters. The fourth-order valence-electron chi connectivity index (χ4n) is 2.05. The first-order valence-corrected chi connectivity index (χ1v) is 6.84. The summed E-state index contributed by atoms with van der Waals surface area (Å²) >= 11 is 3.41. The predicted octanol–water partition coefficient (Wildman–Crippen LogP) is 4.23. The van der Waals surface area contributed by atoms with Gasteiger partial charge in [0.2, 0.25) is 0 Å². The highest BCUT2D eigenvalue weighted by Crippen LogP contribution is 2.26. The van der Waals surface area contributed by atoms with Crippen molar-refractivity contribution in [3.63, 3.8) is 0 Å². The van der Waals surface area contributed by atoms with Crippen LogP contribution >= 0.6 is 15.9 Å². The Hall–Kier alpha value is -2.07. The third-order valence-corrected chi connectivity index (χ3v) is 3.54. The average molecular weight is 331 g/mol. The zero-order valence-corrected chi connectivity index (χ0v) is 12.3. The van der Waals surface area contributed by atoms with Gasteiger partial charge in [-0.1, -0.05) is 28.1 Å². The second-order valence-electron chi connectivity index (χ2n) is 4.35. The van der Waals surface area contributed by atoms with Crippen molar-refractivity contribution in [2.24, 2.45) is 0 Å². The van der Waals surface area contributed by atoms with Crippen LogP contribution in [0.3, 0.4) is 0 Å². The quantitative estimate of drug-likeness (QED) is 0.705. The molecule has 0 spiro atoms. The second-order valence-corrected chi connectivity index (χ2v) is 5.26. The summed E-state index contributed by atoms with van der Waals surface area (Å²) in [5, 5.41) is 0.546. The molecule has 0 unspecified atom stereocenters. The first-order chi connectivity index (χ1) is 9.67. The van der Waals surface area contributed by atoms with Crippen molar-refractivity contribution in [2.75, 3.05) is 7.11 Å². The highest BCUT2D eigenvalue weighted by molar-refractivity contribution is 9.10. The van der Waals surface area contributed by atoms with E-state index in [-0.39, 0.29) is 5.43 Å². The van der Waals surface area contributed by atoms with Crippen molar-refractivity contribution in [1.29, 1.82) is 0 Å². The Bertz CT molecular complexity index is 836. The van der Waals surface area contributed by atoms with Gasteiger partial charge in [-0.05, 0) is 24.3 Å². The van der Waals surface area contributed by atoms with Crippen LogP contribution in [0.5, 0.6) is 5.75 Å². The molecule has 0 saturated heterocycles. The van der Waals surface area contributed by atoms with Crippen LogP contribution in [-0.2, 0) is 0 Å². The van der Waals surface area contributed by atoms with Gasteiger partial charge in [-0.25, -0.2) is 0 Å². The van der Waals surface area contributed by atoms with Crippen molar-refractivity contribution < 1.29 is 9.15 Å². The lowest BCUT2D eigenvalue weighted by Crippen LogP contribution is -2.00. The smallest absolute Gasteiger partial charge is 0.193 e. The molecule has 0 aliphatic rings. The van der Waals surface area contributed by atoms with Gasteiger partial charge in [0.1, 0.15) is 17.1 Å². The summed E-state index contributed by atoms with van der Waals surface area (Å²) in [6.45, 7) is 0. The molecule has 0 fully saturated rings. The summed E-state index contributed by atoms with van der Waals surface area (Å²) in [6, 6.07) is 14.3. The highest BCUT2D eigenvalue weighted by Gasteiger charge is 2.08. The molecule has 0 aliphatic carbocycles. The number of hydrogen-bond acceptors (Lipinski definition) is 3. The molecule has 4 heteroatoms. The van der Waals surface area contributed by atoms with Crippen molar-refractivity contribution in [2.45, 2.75) is 0 Å². The van der Waals surface area contributed by atoms with Gasteiger partial charge in [-0.3, -0.25) is 4.79 Å². The summed E-state index contributed by atoms with van der Waals surface area (Å²) in [5.41, 5.74) is 1.30. The maximum Gasteiger partial charge on any atom is 0.193 e. The maximum absolute atomic E-state index is 12.1. The van der Waals surface area contributed by atoms with E-state index in [2.05, 4.69) is 15.9 Å². The summed E-state index contributed by atoms with van der Waals surface area (Å²) in [4.78, 5) is 12.1. The first-order valence-electron chi connectivity index (χ1n) is 6.05. The van der Waals surface area contributed by atoms with Crippen LogP contribution in [0.2, 0.25) is 0 Å². The molecule has 0 N–H and O–H groups in total. The summed E-state index contributed by atoms with van der Waals surface area (Å²) < 4.78 is 11.9. The fraction of sp³-hybridized carbons (Fsp3) is 0.0625. The van der Waals surface area contributed by atoms with Gasteiger partial charge in [-0.2, -0.15) is 0 Å². The van der Waals surface area contributed by atoms with Crippen LogP contribution in [0.25, 0.3) is 22.3 Å². The van der Waals surface area contributed by atoms with Gasteiger partial charge in [0, 0.05) is 22.2 Å². The maximum atomic E-state index is 12.1. The zero-order valence-electron chi connectivity index (χ0n) is 10.7. The monoisotopic (exact) mass is 330 g/mol. The molecule has 0 radical (unpaired) electrons. The van der Waals surface area contributed by atoms with Crippen molar-refractivity contribution in [1.82, 2.24) is 0 Å². The molecule has 2 aromatic carbocycles. The van der Waals surface area contributed by atoms with Gasteiger partial charge >= 0.3 is 0 Å². The first kappa shape index (κ1) is 12.9. The van der Waals surface area contributed by atoms with E-state index in [1.807, 2.05) is 24.3 Å². The van der Waals surface area contributed by atoms with Crippen LogP contribution in [0.4, 0.5) is 0 Å². The molecular weight excluding hydrogens is 320 g/mol. The molecule has 3 rings (SSSR count). The van der Waals surface area contributed by atoms with Crippen LogP contribution in [-0.4, -0.2) is 7.11 Å². The average Bonchev–Trinajstić information content (AvgIpc) is 2.46. The third-order valence-electron chi connectivity index (χ3n) is 3.05. The summed E-state index contributed by atoms with van der Waals surface area (Å²) in [7, 11) is 1.58. The largest absolute Gasteiger partial charge is 0.497 e. The second kappa shape index (κ2) is 5.13. The number of halogens is 1. The Morgan fingerprint density at radius 3 is 2.70 bits per heavy atom. The van der Waals surface area contributed by atoms with Crippen LogP contribution in [0, 0.1) is 0 Å². The molecule has 0 aliphatic heterocycles. The van der Waals surface area contributed by atoms with Crippen LogP contribution in [0.15, 0.2) is 62.2 Å². The van der Waals surface area contributed by atoms with Crippen molar-refractivity contribution in [3.05, 3.63) is 63.2 Å². The number of ether oxygens (including phenoxy) is 1. The predicted molar refractivity (Wildman–Crippen MR) is 82.2 cm³/mol. The number of hydrogen-bond donors (Lipinski definition) is 0. The zero-order chi connectivity index (χ0) is 14.1. The van der Waals surface area contributed by atoms with Gasteiger partial charge in [0.25, 0.3) is 0 Å². The minimum absolute atomic E-state index is 0.0659. The van der Waals surface area contributed by atoms with Crippen molar-refractivity contribution in [3.8, 4) is 17.1 Å². The Morgan fingerprint density at radius 1 is 1.10 bits per heavy atom. The van der Waals surface area contributed by atoms with E-state index in [9.17, 15) is 4.79 Å². The topological polar surface area (TPSA) is 39.4 Å². The van der Waals surface area contributed by atoms with Crippen molar-refractivity contribution >= 4 is 26.9 Å². The van der Waals surface area contributed by atoms with E-state index >= 15 is 0 Å². The third kappa shape index (κ3) is 2.34. The minimum atomic E-state index is -0.0659. The molecule has 3 aromatic rings. The van der Waals surface area contributed by atoms with E-state index in [0.29, 0.717) is 22.5 Å². The van der Waals surface area contributed by atoms with Gasteiger partial charge in [0.05, 0.1) is 12.5 Å². The van der Waals surface area contributed by atoms with Gasteiger partial charge in [0.15, 0.2) is 5.43 Å². The summed E-state index contributed by atoms with van der Waals surface area (Å²) in [6.07, 6.45) is 0. The van der Waals surface area contributed by atoms with E-state index in [1.165, 1.54) is 6.07 Å². The van der Waals surface area contributed by atoms with Gasteiger partial charge in [-0.15, -0.1) is 0 Å². The molecule has 0 amide bonds. The lowest BCUT2D eigenvalue weighted by Gasteiger charge is -2.05. The van der Waals surface area contributed by atoms with Crippen LogP contribution in [0.1, 0.15) is 0 Å². The van der Waals surface area contributed by atoms with E-state index in [1.54, 1.807) is 25.3 Å². The Balaban J connectivity index is 2.25. The Labute approximate surface area is 123 Å². The number of rotatable bonds is 2. The summed E-state index contributed by atoms with van der Waals surface area (Å²) in [5.74, 6) is 1.20. The Morgan fingerprint density at radius 2 is 1.95 bits per heavy atom. The number of methoxy groups -OCH3 is 1. The molecule has 0 bridgehead atoms. The lowest BCUT2D eigenvalue weighted by molar-refractivity contribution is 0.414. The SMILES string of the molecule is COc1ccc2c(=O)cc(-c3cccc(Br)c3)oc2c1. The lowest BCUT2D eigenvalue weighted by atomic mass is 10.1. The number of benzene rings is 2. The molecular formula is C16H11BrO3. The van der Waals surface area contributed by atoms with Gasteiger partial charge < -0.3 is 9.15 Å². The molecule has 20 heavy (non-hydrogen) atoms. The molecule has 0 saturated carbocycles. The minimum Gasteiger partial charge on any atom is -0.497 e. The fourth-order valence-corrected chi connectivity index (χ4v) is 2.45. The van der Waals surface area contributed by atoms with E-state index in [0.717, 1.165) is 10.0 Å². The molecule has 100 valence electrons. The van der Waals surface area contributed by atoms with E-state index in [4.69, 9.17) is 9.15 Å². The van der Waals surface area contributed by atoms with Crippen LogP contribution < -0.4 is 10.2 Å².